The zero-order valence-corrected chi connectivity index (χ0v) is 12.5. The van der Waals surface area contributed by atoms with Crippen LogP contribution in [0.2, 0.25) is 0 Å². The Hall–Kier alpha value is -2.73. The minimum Gasteiger partial charge on any atom is -0.289 e. The number of thiazole rings is 1. The molecule has 0 aliphatic carbocycles. The van der Waals surface area contributed by atoms with Gasteiger partial charge in [-0.2, -0.15) is 0 Å². The van der Waals surface area contributed by atoms with Gasteiger partial charge in [0.1, 0.15) is 0 Å². The lowest BCUT2D eigenvalue weighted by molar-refractivity contribution is -0.384. The number of aryl methyl sites for hydroxylation is 1. The first-order chi connectivity index (χ1) is 10.6. The molecule has 0 amide bonds. The van der Waals surface area contributed by atoms with Crippen LogP contribution in [0.3, 0.4) is 0 Å². The second kappa shape index (κ2) is 4.64. The standard InChI is InChI=1S/C16H11N3O2S/c1-10-3-2-4-14-15(10)18-9-13(17-16(18)22-14)11-5-7-12(8-6-11)19(20)21/h2-9H,1H3. The summed E-state index contributed by atoms with van der Waals surface area (Å²) in [4.78, 5) is 15.9. The van der Waals surface area contributed by atoms with Crippen LogP contribution in [-0.2, 0) is 0 Å². The summed E-state index contributed by atoms with van der Waals surface area (Å²) < 4.78 is 3.30. The lowest BCUT2D eigenvalue weighted by Crippen LogP contribution is -1.87. The number of rotatable bonds is 2. The van der Waals surface area contributed by atoms with Crippen molar-refractivity contribution in [2.45, 2.75) is 6.92 Å². The van der Waals surface area contributed by atoms with Gasteiger partial charge in [0.15, 0.2) is 4.96 Å². The summed E-state index contributed by atoms with van der Waals surface area (Å²) >= 11 is 1.64. The van der Waals surface area contributed by atoms with E-state index in [1.165, 1.54) is 27.9 Å². The summed E-state index contributed by atoms with van der Waals surface area (Å²) in [5.41, 5.74) is 4.17. The number of nitro benzene ring substituents is 1. The average Bonchev–Trinajstić information content (AvgIpc) is 3.05. The molecular weight excluding hydrogens is 298 g/mol. The Morgan fingerprint density at radius 3 is 2.68 bits per heavy atom. The van der Waals surface area contributed by atoms with E-state index >= 15 is 0 Å². The molecule has 0 N–H and O–H groups in total. The molecule has 4 aromatic rings. The Balaban J connectivity index is 1.87. The molecule has 0 saturated carbocycles. The number of hydrogen-bond acceptors (Lipinski definition) is 4. The largest absolute Gasteiger partial charge is 0.289 e. The summed E-state index contributed by atoms with van der Waals surface area (Å²) in [6.07, 6.45) is 1.99. The van der Waals surface area contributed by atoms with E-state index in [-0.39, 0.29) is 5.69 Å². The number of hydrogen-bond donors (Lipinski definition) is 0. The number of benzene rings is 2. The predicted molar refractivity (Wildman–Crippen MR) is 87.4 cm³/mol. The van der Waals surface area contributed by atoms with E-state index in [1.807, 2.05) is 12.3 Å². The molecule has 0 radical (unpaired) electrons. The molecule has 2 aromatic heterocycles. The molecule has 0 bridgehead atoms. The van der Waals surface area contributed by atoms with Crippen LogP contribution < -0.4 is 0 Å². The van der Waals surface area contributed by atoms with Crippen molar-refractivity contribution in [1.82, 2.24) is 9.38 Å². The lowest BCUT2D eigenvalue weighted by atomic mass is 10.1. The highest BCUT2D eigenvalue weighted by molar-refractivity contribution is 7.23. The van der Waals surface area contributed by atoms with E-state index in [0.717, 1.165) is 16.2 Å². The quantitative estimate of drug-likeness (QED) is 0.406. The van der Waals surface area contributed by atoms with Crippen LogP contribution in [0.15, 0.2) is 48.7 Å². The molecule has 6 heteroatoms. The third kappa shape index (κ3) is 1.88. The predicted octanol–water partition coefficient (Wildman–Crippen LogP) is 4.43. The molecule has 2 aromatic carbocycles. The fraction of sp³-hybridized carbons (Fsp3) is 0.0625. The van der Waals surface area contributed by atoms with E-state index < -0.39 is 4.92 Å². The maximum atomic E-state index is 10.7. The first-order valence-corrected chi connectivity index (χ1v) is 7.57. The summed E-state index contributed by atoms with van der Waals surface area (Å²) in [6.45, 7) is 2.08. The Labute approximate surface area is 129 Å². The van der Waals surface area contributed by atoms with Gasteiger partial charge in [0.05, 0.1) is 20.8 Å². The van der Waals surface area contributed by atoms with Crippen LogP contribution in [0.5, 0.6) is 0 Å². The van der Waals surface area contributed by atoms with Gasteiger partial charge in [-0.1, -0.05) is 23.5 Å². The van der Waals surface area contributed by atoms with Gasteiger partial charge in [-0.3, -0.25) is 14.5 Å². The van der Waals surface area contributed by atoms with Crippen molar-refractivity contribution >= 4 is 32.2 Å². The number of imidazole rings is 1. The molecule has 22 heavy (non-hydrogen) atoms. The van der Waals surface area contributed by atoms with Crippen LogP contribution in [-0.4, -0.2) is 14.3 Å². The zero-order valence-electron chi connectivity index (χ0n) is 11.7. The van der Waals surface area contributed by atoms with E-state index in [0.29, 0.717) is 0 Å². The molecule has 5 nitrogen and oxygen atoms in total. The summed E-state index contributed by atoms with van der Waals surface area (Å²) in [5, 5.41) is 10.7. The number of aromatic nitrogens is 2. The van der Waals surface area contributed by atoms with Gasteiger partial charge in [0, 0.05) is 23.9 Å². The number of nitro groups is 1. The molecule has 4 rings (SSSR count). The van der Waals surface area contributed by atoms with Crippen LogP contribution in [0.25, 0.3) is 26.4 Å². The summed E-state index contributed by atoms with van der Waals surface area (Å²) in [7, 11) is 0. The van der Waals surface area contributed by atoms with E-state index in [2.05, 4.69) is 28.4 Å². The Morgan fingerprint density at radius 1 is 1.18 bits per heavy atom. The fourth-order valence-electron chi connectivity index (χ4n) is 2.61. The average molecular weight is 309 g/mol. The normalized spacial score (nSPS) is 11.3. The first kappa shape index (κ1) is 13.0. The molecule has 108 valence electrons. The highest BCUT2D eigenvalue weighted by atomic mass is 32.1. The maximum absolute atomic E-state index is 10.7. The third-order valence-corrected chi connectivity index (χ3v) is 4.71. The Morgan fingerprint density at radius 2 is 1.95 bits per heavy atom. The molecule has 2 heterocycles. The summed E-state index contributed by atoms with van der Waals surface area (Å²) in [5.74, 6) is 0. The SMILES string of the molecule is Cc1cccc2sc3nc(-c4ccc([N+](=O)[O-])cc4)cn3c12. The van der Waals surface area contributed by atoms with Crippen LogP contribution >= 0.6 is 11.3 Å². The van der Waals surface area contributed by atoms with Gasteiger partial charge < -0.3 is 0 Å². The molecule has 0 aliphatic heterocycles. The number of fused-ring (bicyclic) bond motifs is 3. The smallest absolute Gasteiger partial charge is 0.269 e. The van der Waals surface area contributed by atoms with E-state index in [1.54, 1.807) is 23.5 Å². The molecular formula is C16H11N3O2S. The van der Waals surface area contributed by atoms with Crippen molar-refractivity contribution in [2.24, 2.45) is 0 Å². The second-order valence-corrected chi connectivity index (χ2v) is 6.12. The van der Waals surface area contributed by atoms with Crippen molar-refractivity contribution in [1.29, 1.82) is 0 Å². The lowest BCUT2D eigenvalue weighted by Gasteiger charge is -1.97. The number of nitrogens with zero attached hydrogens (tertiary/aromatic N) is 3. The van der Waals surface area contributed by atoms with Crippen LogP contribution in [0, 0.1) is 17.0 Å². The topological polar surface area (TPSA) is 60.4 Å². The minimum atomic E-state index is -0.396. The molecule has 0 saturated heterocycles. The van der Waals surface area contributed by atoms with Crippen molar-refractivity contribution in [3.63, 3.8) is 0 Å². The van der Waals surface area contributed by atoms with Gasteiger partial charge >= 0.3 is 0 Å². The van der Waals surface area contributed by atoms with Gasteiger partial charge in [-0.25, -0.2) is 4.98 Å². The van der Waals surface area contributed by atoms with Gasteiger partial charge in [-0.15, -0.1) is 0 Å². The Bertz CT molecular complexity index is 1020. The third-order valence-electron chi connectivity index (χ3n) is 3.69. The number of non-ortho nitro benzene ring substituents is 1. The zero-order chi connectivity index (χ0) is 15.3. The van der Waals surface area contributed by atoms with Crippen molar-refractivity contribution < 1.29 is 4.92 Å². The summed E-state index contributed by atoms with van der Waals surface area (Å²) in [6, 6.07) is 12.7. The van der Waals surface area contributed by atoms with Gasteiger partial charge in [-0.05, 0) is 30.7 Å². The van der Waals surface area contributed by atoms with Crippen molar-refractivity contribution in [2.75, 3.05) is 0 Å². The van der Waals surface area contributed by atoms with Crippen LogP contribution in [0.4, 0.5) is 5.69 Å². The molecule has 0 unspecified atom stereocenters. The highest BCUT2D eigenvalue weighted by Crippen LogP contribution is 2.31. The first-order valence-electron chi connectivity index (χ1n) is 6.75. The fourth-order valence-corrected chi connectivity index (χ4v) is 3.70. The highest BCUT2D eigenvalue weighted by Gasteiger charge is 2.12. The second-order valence-electron chi connectivity index (χ2n) is 5.11. The van der Waals surface area contributed by atoms with Crippen molar-refractivity contribution in [3.8, 4) is 11.3 Å². The molecule has 0 atom stereocenters. The number of para-hydroxylation sites is 1. The maximum Gasteiger partial charge on any atom is 0.269 e. The minimum absolute atomic E-state index is 0.0889. The van der Waals surface area contributed by atoms with Crippen LogP contribution in [0.1, 0.15) is 5.56 Å². The van der Waals surface area contributed by atoms with E-state index in [4.69, 9.17) is 0 Å². The van der Waals surface area contributed by atoms with Gasteiger partial charge in [0.25, 0.3) is 5.69 Å². The monoisotopic (exact) mass is 309 g/mol. The van der Waals surface area contributed by atoms with Crippen molar-refractivity contribution in [3.05, 3.63) is 64.3 Å². The van der Waals surface area contributed by atoms with Gasteiger partial charge in [0.2, 0.25) is 0 Å². The molecule has 0 fully saturated rings. The molecule has 0 spiro atoms. The Kier molecular flexibility index (Phi) is 2.74. The molecule has 0 aliphatic rings. The van der Waals surface area contributed by atoms with E-state index in [9.17, 15) is 10.1 Å².